The van der Waals surface area contributed by atoms with Gasteiger partial charge in [-0.3, -0.25) is 9.69 Å². The van der Waals surface area contributed by atoms with Crippen molar-refractivity contribution >= 4 is 5.91 Å². The minimum Gasteiger partial charge on any atom is -0.340 e. The smallest absolute Gasteiger partial charge is 0.243 e. The van der Waals surface area contributed by atoms with Gasteiger partial charge in [0.25, 0.3) is 0 Å². The minimum absolute atomic E-state index is 0.0726. The molecule has 0 aromatic carbocycles. The van der Waals surface area contributed by atoms with Crippen LogP contribution < -0.4 is 0 Å². The molecule has 1 aliphatic heterocycles. The van der Waals surface area contributed by atoms with Crippen molar-refractivity contribution in [3.63, 3.8) is 0 Å². The first-order valence-corrected chi connectivity index (χ1v) is 8.53. The van der Waals surface area contributed by atoms with Crippen molar-refractivity contribution < 1.29 is 4.79 Å². The average molecular weight is 293 g/mol. The molecule has 4 heteroatoms. The molecule has 1 unspecified atom stereocenters. The molecule has 0 aromatic rings. The van der Waals surface area contributed by atoms with Crippen molar-refractivity contribution in [3.8, 4) is 6.07 Å². The van der Waals surface area contributed by atoms with E-state index in [-0.39, 0.29) is 5.91 Å². The van der Waals surface area contributed by atoms with Crippen LogP contribution in [0, 0.1) is 16.7 Å². The summed E-state index contributed by atoms with van der Waals surface area (Å²) in [4.78, 5) is 17.3. The van der Waals surface area contributed by atoms with Gasteiger partial charge in [0.2, 0.25) is 5.91 Å². The van der Waals surface area contributed by atoms with Crippen molar-refractivity contribution in [2.45, 2.75) is 65.8 Å². The number of likely N-dealkylation sites (tertiary alicyclic amines) is 1. The van der Waals surface area contributed by atoms with Gasteiger partial charge in [-0.15, -0.1) is 0 Å². The number of carbonyl (C=O) groups excluding carboxylic acids is 1. The Labute approximate surface area is 130 Å². The first-order valence-electron chi connectivity index (χ1n) is 8.53. The Hall–Kier alpha value is -1.08. The van der Waals surface area contributed by atoms with Crippen LogP contribution in [-0.2, 0) is 4.79 Å². The first kappa shape index (κ1) is 18.0. The molecule has 1 amide bonds. The lowest BCUT2D eigenvalue weighted by atomic mass is 9.79. The van der Waals surface area contributed by atoms with Crippen LogP contribution in [0.15, 0.2) is 0 Å². The van der Waals surface area contributed by atoms with Gasteiger partial charge in [-0.1, -0.05) is 40.5 Å². The number of rotatable bonds is 8. The van der Waals surface area contributed by atoms with Crippen molar-refractivity contribution in [1.29, 1.82) is 5.26 Å². The van der Waals surface area contributed by atoms with Gasteiger partial charge in [-0.05, 0) is 32.4 Å². The highest BCUT2D eigenvalue weighted by Crippen LogP contribution is 2.33. The van der Waals surface area contributed by atoms with Crippen LogP contribution >= 0.6 is 0 Å². The van der Waals surface area contributed by atoms with Gasteiger partial charge in [0.05, 0.1) is 6.07 Å². The van der Waals surface area contributed by atoms with E-state index in [4.69, 9.17) is 0 Å². The zero-order chi connectivity index (χ0) is 15.9. The second-order valence-electron chi connectivity index (χ2n) is 6.11. The number of hydrogen-bond acceptors (Lipinski definition) is 3. The van der Waals surface area contributed by atoms with Gasteiger partial charge in [-0.25, -0.2) is 0 Å². The molecule has 1 saturated heterocycles. The van der Waals surface area contributed by atoms with Crippen LogP contribution in [0.2, 0.25) is 0 Å². The summed E-state index contributed by atoms with van der Waals surface area (Å²) in [6, 6.07) is 2.82. The van der Waals surface area contributed by atoms with Gasteiger partial charge < -0.3 is 4.90 Å². The number of likely N-dealkylation sites (N-methyl/N-ethyl adjacent to an activating group) is 1. The Morgan fingerprint density at radius 3 is 2.24 bits per heavy atom. The lowest BCUT2D eigenvalue weighted by molar-refractivity contribution is -0.139. The zero-order valence-electron chi connectivity index (χ0n) is 14.2. The highest BCUT2D eigenvalue weighted by atomic mass is 16.2. The van der Waals surface area contributed by atoms with E-state index in [0.717, 1.165) is 45.4 Å². The molecular weight excluding hydrogens is 262 g/mol. The summed E-state index contributed by atoms with van der Waals surface area (Å²) >= 11 is 0. The summed E-state index contributed by atoms with van der Waals surface area (Å²) in [5.41, 5.74) is -0.790. The SMILES string of the molecule is CCCC(C#N)(CCC)C(=O)N1CCC(N(CC)CC)C1. The Balaban J connectivity index is 2.80. The molecule has 1 rings (SSSR count). The van der Waals surface area contributed by atoms with Gasteiger partial charge in [0.15, 0.2) is 0 Å². The maximum atomic E-state index is 12.9. The summed E-state index contributed by atoms with van der Waals surface area (Å²) in [5.74, 6) is 0.0726. The number of amides is 1. The highest BCUT2D eigenvalue weighted by molar-refractivity contribution is 5.85. The van der Waals surface area contributed by atoms with Gasteiger partial charge in [0.1, 0.15) is 5.41 Å². The highest BCUT2D eigenvalue weighted by Gasteiger charge is 2.42. The van der Waals surface area contributed by atoms with E-state index in [9.17, 15) is 10.1 Å². The molecule has 4 nitrogen and oxygen atoms in total. The predicted octanol–water partition coefficient (Wildman–Crippen LogP) is 3.04. The van der Waals surface area contributed by atoms with E-state index in [2.05, 4.69) is 38.7 Å². The molecule has 0 spiro atoms. The van der Waals surface area contributed by atoms with Crippen molar-refractivity contribution in [2.75, 3.05) is 26.2 Å². The Morgan fingerprint density at radius 2 is 1.81 bits per heavy atom. The zero-order valence-corrected chi connectivity index (χ0v) is 14.2. The van der Waals surface area contributed by atoms with Crippen LogP contribution in [0.25, 0.3) is 0 Å². The molecule has 0 bridgehead atoms. The molecule has 1 fully saturated rings. The normalized spacial score (nSPS) is 19.0. The average Bonchev–Trinajstić information content (AvgIpc) is 2.97. The second kappa shape index (κ2) is 8.38. The number of nitrogens with zero attached hydrogens (tertiary/aromatic N) is 3. The molecule has 0 radical (unpaired) electrons. The molecule has 0 aliphatic carbocycles. The van der Waals surface area contributed by atoms with E-state index in [1.54, 1.807) is 0 Å². The standard InChI is InChI=1S/C17H31N3O/c1-5-10-17(14-18,11-6-2)16(21)20-12-9-15(13-20)19(7-3)8-4/h15H,5-13H2,1-4H3. The fourth-order valence-electron chi connectivity index (χ4n) is 3.62. The summed E-state index contributed by atoms with van der Waals surface area (Å²) in [5, 5.41) is 9.63. The Bertz CT molecular complexity index is 365. The maximum Gasteiger partial charge on any atom is 0.243 e. The van der Waals surface area contributed by atoms with Crippen molar-refractivity contribution in [1.82, 2.24) is 9.80 Å². The Morgan fingerprint density at radius 1 is 1.24 bits per heavy atom. The summed E-state index contributed by atoms with van der Waals surface area (Å²) in [6.07, 6.45) is 4.16. The largest absolute Gasteiger partial charge is 0.340 e. The molecular formula is C17H31N3O. The lowest BCUT2D eigenvalue weighted by Crippen LogP contribution is -2.44. The molecule has 0 N–H and O–H groups in total. The third kappa shape index (κ3) is 3.97. The van der Waals surface area contributed by atoms with E-state index in [0.29, 0.717) is 18.9 Å². The number of nitriles is 1. The topological polar surface area (TPSA) is 47.3 Å². The van der Waals surface area contributed by atoms with Gasteiger partial charge in [-0.2, -0.15) is 5.26 Å². The van der Waals surface area contributed by atoms with Crippen LogP contribution in [0.5, 0.6) is 0 Å². The lowest BCUT2D eigenvalue weighted by Gasteiger charge is -2.31. The fourth-order valence-corrected chi connectivity index (χ4v) is 3.62. The van der Waals surface area contributed by atoms with Crippen LogP contribution in [-0.4, -0.2) is 47.9 Å². The third-order valence-corrected chi connectivity index (χ3v) is 4.76. The third-order valence-electron chi connectivity index (χ3n) is 4.76. The molecule has 0 saturated carbocycles. The number of carbonyl (C=O) groups is 1. The molecule has 1 aliphatic rings. The summed E-state index contributed by atoms with van der Waals surface area (Å²) in [7, 11) is 0. The van der Waals surface area contributed by atoms with E-state index >= 15 is 0 Å². The van der Waals surface area contributed by atoms with Crippen molar-refractivity contribution in [3.05, 3.63) is 0 Å². The van der Waals surface area contributed by atoms with E-state index < -0.39 is 5.41 Å². The molecule has 1 heterocycles. The summed E-state index contributed by atoms with van der Waals surface area (Å²) < 4.78 is 0. The van der Waals surface area contributed by atoms with Crippen LogP contribution in [0.1, 0.15) is 59.8 Å². The van der Waals surface area contributed by atoms with Gasteiger partial charge >= 0.3 is 0 Å². The van der Waals surface area contributed by atoms with E-state index in [1.165, 1.54) is 0 Å². The van der Waals surface area contributed by atoms with Crippen LogP contribution in [0.4, 0.5) is 0 Å². The minimum atomic E-state index is -0.790. The first-order chi connectivity index (χ1) is 10.1. The second-order valence-corrected chi connectivity index (χ2v) is 6.11. The number of hydrogen-bond donors (Lipinski definition) is 0. The quantitative estimate of drug-likeness (QED) is 0.691. The van der Waals surface area contributed by atoms with E-state index in [1.807, 2.05) is 4.90 Å². The predicted molar refractivity (Wildman–Crippen MR) is 85.8 cm³/mol. The van der Waals surface area contributed by atoms with Gasteiger partial charge in [0, 0.05) is 19.1 Å². The summed E-state index contributed by atoms with van der Waals surface area (Å²) in [6.45, 7) is 12.1. The molecule has 0 aromatic heterocycles. The molecule has 1 atom stereocenters. The monoisotopic (exact) mass is 293 g/mol. The van der Waals surface area contributed by atoms with Crippen molar-refractivity contribution in [2.24, 2.45) is 5.41 Å². The van der Waals surface area contributed by atoms with Crippen LogP contribution in [0.3, 0.4) is 0 Å². The Kier molecular flexibility index (Phi) is 7.17. The molecule has 120 valence electrons. The molecule has 21 heavy (non-hydrogen) atoms. The fraction of sp³-hybridized carbons (Fsp3) is 0.882. The maximum absolute atomic E-state index is 12.9.